The predicted octanol–water partition coefficient (Wildman–Crippen LogP) is 2.84. The molecule has 2 rings (SSSR count). The molecule has 1 saturated heterocycles. The third kappa shape index (κ3) is 3.72. The first kappa shape index (κ1) is 12.4. The Balaban J connectivity index is 1.77. The van der Waals surface area contributed by atoms with E-state index in [1.54, 1.807) is 0 Å². The van der Waals surface area contributed by atoms with E-state index in [2.05, 4.69) is 26.0 Å². The van der Waals surface area contributed by atoms with Crippen LogP contribution in [0.4, 0.5) is 0 Å². The first-order valence-corrected chi connectivity index (χ1v) is 6.19. The van der Waals surface area contributed by atoms with Crippen LogP contribution in [-0.2, 0) is 9.47 Å². The molecule has 0 aliphatic carbocycles. The Morgan fingerprint density at radius 2 is 2.00 bits per heavy atom. The van der Waals surface area contributed by atoms with Gasteiger partial charge in [0.25, 0.3) is 0 Å². The molecule has 0 spiro atoms. The van der Waals surface area contributed by atoms with Crippen molar-refractivity contribution in [2.75, 3.05) is 19.8 Å². The number of ether oxygens (including phenoxy) is 3. The van der Waals surface area contributed by atoms with Crippen LogP contribution >= 0.6 is 0 Å². The van der Waals surface area contributed by atoms with E-state index < -0.39 is 0 Å². The average Bonchev–Trinajstić information content (AvgIpc) is 2.33. The monoisotopic (exact) mass is 236 g/mol. The Hall–Kier alpha value is -1.06. The van der Waals surface area contributed by atoms with Crippen LogP contribution in [0, 0.1) is 13.8 Å². The van der Waals surface area contributed by atoms with Gasteiger partial charge in [-0.1, -0.05) is 17.7 Å². The van der Waals surface area contributed by atoms with Gasteiger partial charge in [0, 0.05) is 6.42 Å². The fourth-order valence-corrected chi connectivity index (χ4v) is 1.93. The van der Waals surface area contributed by atoms with Gasteiger partial charge in [0.05, 0.1) is 19.8 Å². The van der Waals surface area contributed by atoms with Crippen molar-refractivity contribution in [2.24, 2.45) is 0 Å². The van der Waals surface area contributed by atoms with Gasteiger partial charge in [0.15, 0.2) is 6.29 Å². The molecule has 3 nitrogen and oxygen atoms in total. The van der Waals surface area contributed by atoms with Crippen molar-refractivity contribution in [1.82, 2.24) is 0 Å². The van der Waals surface area contributed by atoms with Gasteiger partial charge >= 0.3 is 0 Å². The molecule has 1 aromatic carbocycles. The largest absolute Gasteiger partial charge is 0.493 e. The molecule has 1 aromatic rings. The number of hydrogen-bond donors (Lipinski definition) is 0. The van der Waals surface area contributed by atoms with Gasteiger partial charge in [-0.3, -0.25) is 0 Å². The van der Waals surface area contributed by atoms with Crippen molar-refractivity contribution in [2.45, 2.75) is 33.0 Å². The molecule has 0 saturated carbocycles. The molecule has 1 aliphatic rings. The lowest BCUT2D eigenvalue weighted by atomic mass is 10.1. The van der Waals surface area contributed by atoms with Gasteiger partial charge < -0.3 is 14.2 Å². The first-order valence-electron chi connectivity index (χ1n) is 6.19. The molecule has 1 fully saturated rings. The molecule has 1 heterocycles. The second kappa shape index (κ2) is 6.03. The highest BCUT2D eigenvalue weighted by Crippen LogP contribution is 2.19. The lowest BCUT2D eigenvalue weighted by Crippen LogP contribution is -2.26. The molecule has 3 heteroatoms. The van der Waals surface area contributed by atoms with Crippen LogP contribution in [0.25, 0.3) is 0 Å². The number of rotatable bonds is 4. The Morgan fingerprint density at radius 3 is 2.71 bits per heavy atom. The fourth-order valence-electron chi connectivity index (χ4n) is 1.93. The highest BCUT2D eigenvalue weighted by atomic mass is 16.7. The van der Waals surface area contributed by atoms with Gasteiger partial charge in [-0.05, 0) is 31.9 Å². The SMILES string of the molecule is Cc1ccc(OCCC2OCCCO2)c(C)c1. The van der Waals surface area contributed by atoms with E-state index in [1.807, 2.05) is 6.07 Å². The summed E-state index contributed by atoms with van der Waals surface area (Å²) < 4.78 is 16.7. The van der Waals surface area contributed by atoms with Crippen LogP contribution in [-0.4, -0.2) is 26.1 Å². The Labute approximate surface area is 103 Å². The van der Waals surface area contributed by atoms with Crippen LogP contribution in [0.15, 0.2) is 18.2 Å². The minimum atomic E-state index is -0.0884. The summed E-state index contributed by atoms with van der Waals surface area (Å²) in [4.78, 5) is 0. The van der Waals surface area contributed by atoms with Gasteiger partial charge in [0.1, 0.15) is 5.75 Å². The molecule has 0 amide bonds. The topological polar surface area (TPSA) is 27.7 Å². The third-order valence-electron chi connectivity index (χ3n) is 2.84. The van der Waals surface area contributed by atoms with Gasteiger partial charge in [-0.2, -0.15) is 0 Å². The number of aryl methyl sites for hydroxylation is 2. The standard InChI is InChI=1S/C14H20O3/c1-11-4-5-13(12(2)10-11)15-9-6-14-16-7-3-8-17-14/h4-5,10,14H,3,6-9H2,1-2H3. The van der Waals surface area contributed by atoms with E-state index in [0.29, 0.717) is 6.61 Å². The lowest BCUT2D eigenvalue weighted by Gasteiger charge is -2.23. The molecular weight excluding hydrogens is 216 g/mol. The Morgan fingerprint density at radius 1 is 1.24 bits per heavy atom. The van der Waals surface area contributed by atoms with E-state index in [0.717, 1.165) is 31.8 Å². The minimum Gasteiger partial charge on any atom is -0.493 e. The van der Waals surface area contributed by atoms with Gasteiger partial charge in [0.2, 0.25) is 0 Å². The van der Waals surface area contributed by atoms with E-state index in [9.17, 15) is 0 Å². The van der Waals surface area contributed by atoms with Crippen LogP contribution in [0.1, 0.15) is 24.0 Å². The maximum Gasteiger partial charge on any atom is 0.160 e. The van der Waals surface area contributed by atoms with Crippen molar-refractivity contribution in [3.05, 3.63) is 29.3 Å². The molecule has 0 atom stereocenters. The first-order chi connectivity index (χ1) is 8.25. The van der Waals surface area contributed by atoms with Gasteiger partial charge in [-0.25, -0.2) is 0 Å². The molecule has 94 valence electrons. The van der Waals surface area contributed by atoms with Crippen molar-refractivity contribution < 1.29 is 14.2 Å². The molecule has 0 radical (unpaired) electrons. The summed E-state index contributed by atoms with van der Waals surface area (Å²) in [7, 11) is 0. The summed E-state index contributed by atoms with van der Waals surface area (Å²) in [6, 6.07) is 6.21. The van der Waals surface area contributed by atoms with Crippen molar-refractivity contribution >= 4 is 0 Å². The molecule has 0 unspecified atom stereocenters. The number of benzene rings is 1. The number of hydrogen-bond acceptors (Lipinski definition) is 3. The van der Waals surface area contributed by atoms with E-state index in [-0.39, 0.29) is 6.29 Å². The minimum absolute atomic E-state index is 0.0884. The zero-order valence-corrected chi connectivity index (χ0v) is 10.6. The summed E-state index contributed by atoms with van der Waals surface area (Å²) in [6.07, 6.45) is 1.69. The smallest absolute Gasteiger partial charge is 0.160 e. The van der Waals surface area contributed by atoms with E-state index in [4.69, 9.17) is 14.2 Å². The van der Waals surface area contributed by atoms with E-state index in [1.165, 1.54) is 11.1 Å². The molecule has 17 heavy (non-hydrogen) atoms. The molecule has 1 aliphatic heterocycles. The summed E-state index contributed by atoms with van der Waals surface area (Å²) in [6.45, 7) is 6.38. The predicted molar refractivity (Wildman–Crippen MR) is 66.3 cm³/mol. The third-order valence-corrected chi connectivity index (χ3v) is 2.84. The van der Waals surface area contributed by atoms with Crippen LogP contribution in [0.3, 0.4) is 0 Å². The molecule has 0 aromatic heterocycles. The van der Waals surface area contributed by atoms with Crippen LogP contribution in [0.2, 0.25) is 0 Å². The Bertz CT molecular complexity index is 356. The maximum atomic E-state index is 5.73. The second-order valence-corrected chi connectivity index (χ2v) is 4.43. The highest BCUT2D eigenvalue weighted by molar-refractivity contribution is 5.35. The molecule has 0 N–H and O–H groups in total. The second-order valence-electron chi connectivity index (χ2n) is 4.43. The summed E-state index contributed by atoms with van der Waals surface area (Å²) >= 11 is 0. The highest BCUT2D eigenvalue weighted by Gasteiger charge is 2.13. The quantitative estimate of drug-likeness (QED) is 0.804. The normalized spacial score (nSPS) is 17.1. The summed E-state index contributed by atoms with van der Waals surface area (Å²) in [5.74, 6) is 0.950. The van der Waals surface area contributed by atoms with Crippen molar-refractivity contribution in [3.63, 3.8) is 0 Å². The van der Waals surface area contributed by atoms with Crippen molar-refractivity contribution in [1.29, 1.82) is 0 Å². The zero-order chi connectivity index (χ0) is 12.1. The fraction of sp³-hybridized carbons (Fsp3) is 0.571. The zero-order valence-electron chi connectivity index (χ0n) is 10.6. The van der Waals surface area contributed by atoms with E-state index >= 15 is 0 Å². The van der Waals surface area contributed by atoms with Crippen LogP contribution in [0.5, 0.6) is 5.75 Å². The average molecular weight is 236 g/mol. The summed E-state index contributed by atoms with van der Waals surface area (Å²) in [5.41, 5.74) is 2.43. The summed E-state index contributed by atoms with van der Waals surface area (Å²) in [5, 5.41) is 0. The van der Waals surface area contributed by atoms with Gasteiger partial charge in [-0.15, -0.1) is 0 Å². The van der Waals surface area contributed by atoms with Crippen LogP contribution < -0.4 is 4.74 Å². The molecule has 0 bridgehead atoms. The molecular formula is C14H20O3. The Kier molecular flexibility index (Phi) is 4.40. The maximum absolute atomic E-state index is 5.73. The van der Waals surface area contributed by atoms with Crippen molar-refractivity contribution in [3.8, 4) is 5.75 Å². The lowest BCUT2D eigenvalue weighted by molar-refractivity contribution is -0.183.